The second-order valence-corrected chi connectivity index (χ2v) is 9.28. The normalized spacial score (nSPS) is 12.5. The minimum Gasteiger partial charge on any atom is -0.350 e. The van der Waals surface area contributed by atoms with Gasteiger partial charge in [0, 0.05) is 18.0 Å². The van der Waals surface area contributed by atoms with Gasteiger partial charge >= 0.3 is 0 Å². The summed E-state index contributed by atoms with van der Waals surface area (Å²) in [6.45, 7) is 5.95. The van der Waals surface area contributed by atoms with Crippen molar-refractivity contribution in [2.45, 2.75) is 39.7 Å². The highest BCUT2D eigenvalue weighted by Gasteiger charge is 2.20. The summed E-state index contributed by atoms with van der Waals surface area (Å²) in [4.78, 5) is 12.3. The van der Waals surface area contributed by atoms with E-state index in [1.54, 1.807) is 25.1 Å². The molecule has 1 amide bonds. The molecule has 0 unspecified atom stereocenters. The molecule has 1 N–H and O–H groups in total. The molecule has 0 spiro atoms. The van der Waals surface area contributed by atoms with E-state index in [-0.39, 0.29) is 24.9 Å². The number of nitrogens with one attached hydrogen (secondary N) is 1. The van der Waals surface area contributed by atoms with Crippen LogP contribution in [0.3, 0.4) is 0 Å². The number of nitrogens with zero attached hydrogens (tertiary/aromatic N) is 1. The second kappa shape index (κ2) is 9.43. The summed E-state index contributed by atoms with van der Waals surface area (Å²) in [7, 11) is -3.48. The summed E-state index contributed by atoms with van der Waals surface area (Å²) >= 11 is 6.14. The average molecular weight is 423 g/mol. The Kier molecular flexibility index (Phi) is 7.49. The molecular weight excluding hydrogens is 396 g/mol. The van der Waals surface area contributed by atoms with Crippen LogP contribution < -0.4 is 9.62 Å². The molecule has 1 atom stereocenters. The van der Waals surface area contributed by atoms with Crippen LogP contribution in [0.4, 0.5) is 5.69 Å². The molecule has 0 saturated carbocycles. The van der Waals surface area contributed by atoms with Gasteiger partial charge in [0.1, 0.15) is 0 Å². The van der Waals surface area contributed by atoms with Crippen LogP contribution >= 0.6 is 11.6 Å². The van der Waals surface area contributed by atoms with Gasteiger partial charge in [0.05, 0.1) is 18.0 Å². The summed E-state index contributed by atoms with van der Waals surface area (Å²) in [6.07, 6.45) is 1.81. The van der Waals surface area contributed by atoms with E-state index < -0.39 is 10.0 Å². The molecule has 0 fully saturated rings. The van der Waals surface area contributed by atoms with E-state index in [9.17, 15) is 13.2 Å². The molecule has 0 heterocycles. The largest absolute Gasteiger partial charge is 0.350 e. The van der Waals surface area contributed by atoms with Crippen LogP contribution in [0.2, 0.25) is 5.02 Å². The Morgan fingerprint density at radius 3 is 2.46 bits per heavy atom. The average Bonchev–Trinajstić information content (AvgIpc) is 2.61. The molecule has 7 heteroatoms. The van der Waals surface area contributed by atoms with Gasteiger partial charge in [-0.25, -0.2) is 8.42 Å². The van der Waals surface area contributed by atoms with E-state index >= 15 is 0 Å². The maximum atomic E-state index is 12.3. The van der Waals surface area contributed by atoms with Gasteiger partial charge in [-0.05, 0) is 56.0 Å². The lowest BCUT2D eigenvalue weighted by atomic mass is 10.0. The van der Waals surface area contributed by atoms with Crippen LogP contribution in [0, 0.1) is 13.8 Å². The highest BCUT2D eigenvalue weighted by atomic mass is 35.5. The van der Waals surface area contributed by atoms with Crippen molar-refractivity contribution in [3.63, 3.8) is 0 Å². The van der Waals surface area contributed by atoms with E-state index in [0.717, 1.165) is 17.4 Å². The predicted octanol–water partition coefficient (Wildman–Crippen LogP) is 4.38. The fraction of sp³-hybridized carbons (Fsp3) is 0.381. The molecule has 28 heavy (non-hydrogen) atoms. The Labute approximate surface area is 172 Å². The molecule has 2 rings (SSSR count). The molecule has 152 valence electrons. The Hall–Kier alpha value is -2.05. The molecule has 0 radical (unpaired) electrons. The lowest BCUT2D eigenvalue weighted by Gasteiger charge is -2.24. The molecule has 0 aliphatic carbocycles. The fourth-order valence-corrected chi connectivity index (χ4v) is 4.36. The summed E-state index contributed by atoms with van der Waals surface area (Å²) in [5.41, 5.74) is 3.44. The second-order valence-electron chi connectivity index (χ2n) is 6.97. The highest BCUT2D eigenvalue weighted by Crippen LogP contribution is 2.28. The topological polar surface area (TPSA) is 66.5 Å². The van der Waals surface area contributed by atoms with Gasteiger partial charge in [-0.2, -0.15) is 0 Å². The van der Waals surface area contributed by atoms with Crippen LogP contribution in [0.25, 0.3) is 0 Å². The minimum atomic E-state index is -3.48. The molecule has 0 bridgehead atoms. The van der Waals surface area contributed by atoms with E-state index in [4.69, 9.17) is 11.6 Å². The first-order valence-corrected chi connectivity index (χ1v) is 11.4. The van der Waals surface area contributed by atoms with Gasteiger partial charge in [0.15, 0.2) is 0 Å². The number of hydrogen-bond acceptors (Lipinski definition) is 3. The smallest absolute Gasteiger partial charge is 0.232 e. The third-order valence-electron chi connectivity index (χ3n) is 4.71. The standard InChI is InChI=1S/C21H27ClN2O3S/c1-15-9-5-6-10-18(15)17(3)23-21(25)13-8-14-24(28(4,26)27)20-12-7-11-19(22)16(20)2/h5-7,9-12,17H,8,13-14H2,1-4H3,(H,23,25)/t17-/m1/s1. The van der Waals surface area contributed by atoms with E-state index in [0.29, 0.717) is 22.7 Å². The Morgan fingerprint density at radius 1 is 1.14 bits per heavy atom. The number of aryl methyl sites for hydroxylation is 1. The van der Waals surface area contributed by atoms with Crippen LogP contribution in [0.15, 0.2) is 42.5 Å². The third kappa shape index (κ3) is 5.72. The molecule has 0 aliphatic heterocycles. The number of amides is 1. The van der Waals surface area contributed by atoms with Gasteiger partial charge < -0.3 is 5.32 Å². The molecule has 2 aromatic rings. The number of sulfonamides is 1. The summed E-state index contributed by atoms with van der Waals surface area (Å²) in [5, 5.41) is 3.49. The molecule has 0 aliphatic rings. The van der Waals surface area contributed by atoms with Crippen LogP contribution in [0.5, 0.6) is 0 Å². The van der Waals surface area contributed by atoms with Gasteiger partial charge in [0.25, 0.3) is 0 Å². The number of hydrogen-bond donors (Lipinski definition) is 1. The number of rotatable bonds is 8. The first kappa shape index (κ1) is 22.2. The zero-order valence-electron chi connectivity index (χ0n) is 16.7. The number of benzene rings is 2. The van der Waals surface area contributed by atoms with Crippen molar-refractivity contribution in [1.82, 2.24) is 5.32 Å². The van der Waals surface area contributed by atoms with Crippen LogP contribution in [-0.2, 0) is 14.8 Å². The number of halogens is 1. The number of carbonyl (C=O) groups is 1. The van der Waals surface area contributed by atoms with Crippen molar-refractivity contribution < 1.29 is 13.2 Å². The molecule has 2 aromatic carbocycles. The van der Waals surface area contributed by atoms with Gasteiger partial charge in [-0.1, -0.05) is 41.9 Å². The lowest BCUT2D eigenvalue weighted by molar-refractivity contribution is -0.121. The maximum Gasteiger partial charge on any atom is 0.232 e. The minimum absolute atomic E-state index is 0.102. The van der Waals surface area contributed by atoms with Crippen molar-refractivity contribution in [3.05, 3.63) is 64.2 Å². The monoisotopic (exact) mass is 422 g/mol. The number of carbonyl (C=O) groups excluding carboxylic acids is 1. The predicted molar refractivity (Wildman–Crippen MR) is 115 cm³/mol. The lowest BCUT2D eigenvalue weighted by Crippen LogP contribution is -2.33. The Bertz CT molecular complexity index is 944. The van der Waals surface area contributed by atoms with E-state index in [1.807, 2.05) is 38.1 Å². The van der Waals surface area contributed by atoms with E-state index in [1.165, 1.54) is 4.31 Å². The van der Waals surface area contributed by atoms with Gasteiger partial charge in [-0.15, -0.1) is 0 Å². The van der Waals surface area contributed by atoms with E-state index in [2.05, 4.69) is 5.32 Å². The van der Waals surface area contributed by atoms with Crippen molar-refractivity contribution in [3.8, 4) is 0 Å². The van der Waals surface area contributed by atoms with Gasteiger partial charge in [0.2, 0.25) is 15.9 Å². The fourth-order valence-electron chi connectivity index (χ4n) is 3.18. The van der Waals surface area contributed by atoms with Crippen LogP contribution in [-0.4, -0.2) is 27.1 Å². The first-order chi connectivity index (χ1) is 13.1. The summed E-state index contributed by atoms with van der Waals surface area (Å²) in [6, 6.07) is 13.0. The molecular formula is C21H27ClN2O3S. The molecule has 0 aromatic heterocycles. The number of anilines is 1. The molecule has 5 nitrogen and oxygen atoms in total. The van der Waals surface area contributed by atoms with Crippen molar-refractivity contribution in [2.75, 3.05) is 17.1 Å². The first-order valence-electron chi connectivity index (χ1n) is 9.19. The third-order valence-corrected chi connectivity index (χ3v) is 6.30. The molecule has 0 saturated heterocycles. The van der Waals surface area contributed by atoms with Crippen molar-refractivity contribution in [2.24, 2.45) is 0 Å². The SMILES string of the molecule is Cc1ccccc1[C@@H](C)NC(=O)CCCN(c1cccc(Cl)c1C)S(C)(=O)=O. The van der Waals surface area contributed by atoms with Crippen molar-refractivity contribution in [1.29, 1.82) is 0 Å². The highest BCUT2D eigenvalue weighted by molar-refractivity contribution is 7.92. The van der Waals surface area contributed by atoms with Crippen LogP contribution in [0.1, 0.15) is 42.5 Å². The quantitative estimate of drug-likeness (QED) is 0.686. The Morgan fingerprint density at radius 2 is 1.82 bits per heavy atom. The zero-order valence-corrected chi connectivity index (χ0v) is 18.3. The van der Waals surface area contributed by atoms with Crippen molar-refractivity contribution >= 4 is 33.2 Å². The Balaban J connectivity index is 2.00. The summed E-state index contributed by atoms with van der Waals surface area (Å²) in [5.74, 6) is -0.105. The zero-order chi connectivity index (χ0) is 20.9. The summed E-state index contributed by atoms with van der Waals surface area (Å²) < 4.78 is 25.8. The van der Waals surface area contributed by atoms with Gasteiger partial charge in [-0.3, -0.25) is 9.10 Å². The maximum absolute atomic E-state index is 12.3.